The quantitative estimate of drug-likeness (QED) is 0.504. The van der Waals surface area contributed by atoms with Gasteiger partial charge < -0.3 is 23.8 Å². The topological polar surface area (TPSA) is 57.2 Å². The fraction of sp³-hybridized carbons (Fsp3) is 0.250. The number of allylic oxidation sites excluding steroid dienone is 1. The van der Waals surface area contributed by atoms with Crippen LogP contribution in [0, 0.1) is 0 Å². The number of ether oxygens (including phenoxy) is 4. The molecule has 2 aromatic carbocycles. The van der Waals surface area contributed by atoms with Gasteiger partial charge in [0.25, 0.3) is 0 Å². The van der Waals surface area contributed by atoms with Crippen molar-refractivity contribution in [3.8, 4) is 23.0 Å². The molecule has 0 fully saturated rings. The number of benzene rings is 2. The van der Waals surface area contributed by atoms with Crippen molar-refractivity contribution in [2.45, 2.75) is 0 Å². The van der Waals surface area contributed by atoms with E-state index in [1.54, 1.807) is 44.6 Å². The summed E-state index contributed by atoms with van der Waals surface area (Å²) in [6.45, 7) is 0.151. The Morgan fingerprint density at radius 2 is 1.93 bits per heavy atom. The number of Topliss-reactive ketones (excluding diaryl/α,β-unsaturated/α-hetero) is 1. The minimum atomic E-state index is -0.152. The minimum absolute atomic E-state index is 0.151. The van der Waals surface area contributed by atoms with Gasteiger partial charge in [0.1, 0.15) is 5.75 Å². The maximum absolute atomic E-state index is 12.9. The van der Waals surface area contributed by atoms with Crippen LogP contribution in [0.5, 0.6) is 23.0 Å². The predicted octanol–water partition coefficient (Wildman–Crippen LogP) is 4.12. The highest BCUT2D eigenvalue weighted by Gasteiger charge is 2.22. The van der Waals surface area contributed by atoms with Crippen molar-refractivity contribution < 1.29 is 23.7 Å². The first kappa shape index (κ1) is 19.1. The van der Waals surface area contributed by atoms with E-state index in [0.29, 0.717) is 38.6 Å². The summed E-state index contributed by atoms with van der Waals surface area (Å²) in [5, 5.41) is 0. The van der Waals surface area contributed by atoms with Gasteiger partial charge in [0, 0.05) is 25.2 Å². The molecule has 0 saturated heterocycles. The van der Waals surface area contributed by atoms with E-state index in [1.807, 2.05) is 25.1 Å². The molecular weight excluding hydrogens is 414 g/mol. The first-order valence-electron chi connectivity index (χ1n) is 8.20. The second-order valence-corrected chi connectivity index (χ2v) is 6.88. The van der Waals surface area contributed by atoms with Crippen molar-refractivity contribution in [2.24, 2.45) is 0 Å². The average Bonchev–Trinajstić information content (AvgIpc) is 3.15. The summed E-state index contributed by atoms with van der Waals surface area (Å²) in [6, 6.07) is 8.93. The summed E-state index contributed by atoms with van der Waals surface area (Å²) in [4.78, 5) is 14.8. The van der Waals surface area contributed by atoms with Crippen molar-refractivity contribution in [2.75, 3.05) is 40.0 Å². The molecule has 0 aromatic heterocycles. The fourth-order valence-electron chi connectivity index (χ4n) is 2.81. The van der Waals surface area contributed by atoms with Crippen LogP contribution in [-0.4, -0.2) is 40.9 Å². The minimum Gasteiger partial charge on any atom is -0.495 e. The lowest BCUT2D eigenvalue weighted by molar-refractivity contribution is 0.104. The molecule has 142 valence electrons. The summed E-state index contributed by atoms with van der Waals surface area (Å²) < 4.78 is 22.0. The molecule has 0 radical (unpaired) electrons. The number of nitrogens with zero attached hydrogens (tertiary/aromatic N) is 1. The maximum atomic E-state index is 12.9. The molecule has 7 heteroatoms. The molecule has 0 aliphatic carbocycles. The molecule has 0 saturated carbocycles. The van der Waals surface area contributed by atoms with Crippen LogP contribution < -0.4 is 23.8 Å². The van der Waals surface area contributed by atoms with Gasteiger partial charge in [-0.15, -0.1) is 0 Å². The molecule has 1 aliphatic rings. The number of carbonyl (C=O) groups excluding carboxylic acids is 1. The molecule has 0 bridgehead atoms. The summed E-state index contributed by atoms with van der Waals surface area (Å²) >= 11 is 3.40. The van der Waals surface area contributed by atoms with Crippen LogP contribution in [0.2, 0.25) is 0 Å². The van der Waals surface area contributed by atoms with Crippen LogP contribution in [0.3, 0.4) is 0 Å². The van der Waals surface area contributed by atoms with Crippen molar-refractivity contribution >= 4 is 33.5 Å². The Hall–Kier alpha value is -2.67. The highest BCUT2D eigenvalue weighted by Crippen LogP contribution is 2.44. The van der Waals surface area contributed by atoms with Gasteiger partial charge in [-0.25, -0.2) is 0 Å². The van der Waals surface area contributed by atoms with Crippen molar-refractivity contribution in [1.82, 2.24) is 0 Å². The average molecular weight is 434 g/mol. The number of fused-ring (bicyclic) bond motifs is 1. The number of carbonyl (C=O) groups is 1. The lowest BCUT2D eigenvalue weighted by atomic mass is 10.1. The van der Waals surface area contributed by atoms with Crippen LogP contribution in [-0.2, 0) is 0 Å². The first-order chi connectivity index (χ1) is 13.0. The Morgan fingerprint density at radius 1 is 1.15 bits per heavy atom. The second kappa shape index (κ2) is 7.92. The van der Waals surface area contributed by atoms with Crippen molar-refractivity contribution in [3.05, 3.63) is 45.9 Å². The Labute approximate surface area is 166 Å². The van der Waals surface area contributed by atoms with Crippen LogP contribution in [0.15, 0.2) is 34.8 Å². The van der Waals surface area contributed by atoms with E-state index in [4.69, 9.17) is 18.9 Å². The van der Waals surface area contributed by atoms with Gasteiger partial charge in [0.05, 0.1) is 24.4 Å². The van der Waals surface area contributed by atoms with Crippen LogP contribution in [0.25, 0.3) is 6.08 Å². The zero-order valence-corrected chi connectivity index (χ0v) is 17.1. The molecule has 1 heterocycles. The van der Waals surface area contributed by atoms with Gasteiger partial charge in [-0.05, 0) is 52.3 Å². The highest BCUT2D eigenvalue weighted by molar-refractivity contribution is 9.12. The lowest BCUT2D eigenvalue weighted by Gasteiger charge is -2.17. The molecule has 6 nitrogen and oxygen atoms in total. The Balaban J connectivity index is 1.96. The third kappa shape index (κ3) is 3.73. The molecule has 0 spiro atoms. The largest absolute Gasteiger partial charge is 0.495 e. The van der Waals surface area contributed by atoms with E-state index in [2.05, 4.69) is 15.9 Å². The van der Waals surface area contributed by atoms with E-state index >= 15 is 0 Å². The van der Waals surface area contributed by atoms with Gasteiger partial charge in [0.15, 0.2) is 17.3 Å². The third-order valence-electron chi connectivity index (χ3n) is 4.15. The van der Waals surface area contributed by atoms with Gasteiger partial charge in [-0.3, -0.25) is 4.79 Å². The van der Waals surface area contributed by atoms with Crippen LogP contribution in [0.1, 0.15) is 15.9 Å². The molecular formula is C20H20BrNO5. The normalized spacial score (nSPS) is 12.7. The monoisotopic (exact) mass is 433 g/mol. The number of rotatable bonds is 6. The number of hydrogen-bond acceptors (Lipinski definition) is 6. The molecule has 27 heavy (non-hydrogen) atoms. The Morgan fingerprint density at radius 3 is 2.59 bits per heavy atom. The summed E-state index contributed by atoms with van der Waals surface area (Å²) in [5.74, 6) is 2.24. The standard InChI is InChI=1S/C20H20BrNO5/c1-22(2)15-10-12(5-7-16(15)24-3)18(23)14(21)9-13-6-8-17-20(19(13)25-4)27-11-26-17/h5-10H,11H2,1-4H3/b14-9+. The van der Waals surface area contributed by atoms with Gasteiger partial charge >= 0.3 is 0 Å². The molecule has 0 amide bonds. The number of anilines is 1. The lowest BCUT2D eigenvalue weighted by Crippen LogP contribution is -2.11. The molecule has 0 N–H and O–H groups in total. The number of methoxy groups -OCH3 is 2. The maximum Gasteiger partial charge on any atom is 0.231 e. The van der Waals surface area contributed by atoms with Crippen molar-refractivity contribution in [1.29, 1.82) is 0 Å². The zero-order valence-electron chi connectivity index (χ0n) is 15.5. The molecule has 0 unspecified atom stereocenters. The van der Waals surface area contributed by atoms with E-state index in [0.717, 1.165) is 5.69 Å². The zero-order chi connectivity index (χ0) is 19.6. The Kier molecular flexibility index (Phi) is 5.60. The second-order valence-electron chi connectivity index (χ2n) is 6.02. The van der Waals surface area contributed by atoms with Crippen LogP contribution >= 0.6 is 15.9 Å². The number of hydrogen-bond donors (Lipinski definition) is 0. The summed E-state index contributed by atoms with van der Waals surface area (Å²) in [7, 11) is 6.95. The smallest absolute Gasteiger partial charge is 0.231 e. The van der Waals surface area contributed by atoms with E-state index in [1.165, 1.54) is 0 Å². The number of ketones is 1. The van der Waals surface area contributed by atoms with Gasteiger partial charge in [0.2, 0.25) is 12.5 Å². The summed E-state index contributed by atoms with van der Waals surface area (Å²) in [6.07, 6.45) is 1.71. The molecule has 3 rings (SSSR count). The van der Waals surface area contributed by atoms with E-state index < -0.39 is 0 Å². The first-order valence-corrected chi connectivity index (χ1v) is 8.99. The van der Waals surface area contributed by atoms with Gasteiger partial charge in [-0.2, -0.15) is 0 Å². The predicted molar refractivity (Wildman–Crippen MR) is 108 cm³/mol. The van der Waals surface area contributed by atoms with E-state index in [-0.39, 0.29) is 12.6 Å². The molecule has 0 atom stereocenters. The van der Waals surface area contributed by atoms with Crippen LogP contribution in [0.4, 0.5) is 5.69 Å². The summed E-state index contributed by atoms with van der Waals surface area (Å²) in [5.41, 5.74) is 2.08. The SMILES string of the molecule is COc1ccc(C(=O)/C(Br)=C\c2ccc3c(c2OC)OCO3)cc1N(C)C. The van der Waals surface area contributed by atoms with E-state index in [9.17, 15) is 4.79 Å². The molecule has 1 aliphatic heterocycles. The third-order valence-corrected chi connectivity index (χ3v) is 4.74. The van der Waals surface area contributed by atoms with Crippen molar-refractivity contribution in [3.63, 3.8) is 0 Å². The fourth-order valence-corrected chi connectivity index (χ4v) is 3.28. The van der Waals surface area contributed by atoms with Gasteiger partial charge in [-0.1, -0.05) is 0 Å². The molecule has 2 aromatic rings. The number of halogens is 1. The highest BCUT2D eigenvalue weighted by atomic mass is 79.9. The Bertz CT molecular complexity index is 907.